The van der Waals surface area contributed by atoms with E-state index in [2.05, 4.69) is 38.2 Å². The fourth-order valence-electron chi connectivity index (χ4n) is 9.85. The molecule has 2 fully saturated rings. The highest BCUT2D eigenvalue weighted by molar-refractivity contribution is 6.91. The maximum Gasteiger partial charge on any atom is 0.264 e. The van der Waals surface area contributed by atoms with Gasteiger partial charge < -0.3 is 29.3 Å². The Labute approximate surface area is 318 Å². The lowest BCUT2D eigenvalue weighted by molar-refractivity contribution is -0.151. The number of fused-ring (bicyclic) bond motifs is 3. The molecule has 4 aromatic carbocycles. The number of benzene rings is 4. The summed E-state index contributed by atoms with van der Waals surface area (Å²) in [6.45, 7) is 8.02. The number of carbonyl (C=O) groups is 3. The Bertz CT molecular complexity index is 2070. The average molecular weight is 744 g/mol. The minimum atomic E-state index is -2.53. The van der Waals surface area contributed by atoms with Gasteiger partial charge in [-0.1, -0.05) is 91.9 Å². The van der Waals surface area contributed by atoms with Crippen LogP contribution in [0.3, 0.4) is 0 Å². The standard InChI is InChI=1S/C44H49N3O6Si/c1-29-42(54(3,4)36-19-17-35(52-2)18-20-36)39(25-41(50)46-27-32-14-9-8-13-31(32)23-34(46)28-48)53-44(29)37-24-33(45-22-10-15-40(45)49)16-21-38(37)47(43(44)51)26-30-11-6-5-7-12-30/h5-9,11-14,16-21,24,29,34,39,42,48H,10,15,22-23,25-28H2,1-4H3/t29-,34-,39+,42-,44+/m0/s1. The van der Waals surface area contributed by atoms with E-state index in [1.54, 1.807) is 7.11 Å². The van der Waals surface area contributed by atoms with Gasteiger partial charge in [0.15, 0.2) is 5.60 Å². The van der Waals surface area contributed by atoms with Crippen molar-refractivity contribution in [2.45, 2.75) is 82.1 Å². The van der Waals surface area contributed by atoms with E-state index in [1.165, 1.54) is 5.19 Å². The lowest BCUT2D eigenvalue weighted by atomic mass is 9.82. The predicted octanol–water partition coefficient (Wildman–Crippen LogP) is 5.92. The van der Waals surface area contributed by atoms with Crippen molar-refractivity contribution in [2.24, 2.45) is 5.92 Å². The quantitative estimate of drug-likeness (QED) is 0.214. The Balaban J connectivity index is 1.23. The second-order valence-electron chi connectivity index (χ2n) is 15.9. The lowest BCUT2D eigenvalue weighted by Gasteiger charge is -2.39. The van der Waals surface area contributed by atoms with Crippen molar-refractivity contribution in [3.05, 3.63) is 119 Å². The largest absolute Gasteiger partial charge is 0.497 e. The van der Waals surface area contributed by atoms with Gasteiger partial charge in [0.2, 0.25) is 11.8 Å². The highest BCUT2D eigenvalue weighted by Crippen LogP contribution is 2.60. The van der Waals surface area contributed by atoms with Crippen molar-refractivity contribution >= 4 is 42.4 Å². The van der Waals surface area contributed by atoms with Crippen molar-refractivity contribution in [3.8, 4) is 5.75 Å². The summed E-state index contributed by atoms with van der Waals surface area (Å²) in [5, 5.41) is 11.7. The molecule has 8 rings (SSSR count). The summed E-state index contributed by atoms with van der Waals surface area (Å²) >= 11 is 0. The molecule has 5 atom stereocenters. The molecule has 9 nitrogen and oxygen atoms in total. The number of hydrogen-bond donors (Lipinski definition) is 1. The molecule has 1 N–H and O–H groups in total. The van der Waals surface area contributed by atoms with Crippen molar-refractivity contribution in [3.63, 3.8) is 0 Å². The average Bonchev–Trinajstić information content (AvgIpc) is 3.82. The van der Waals surface area contributed by atoms with Gasteiger partial charge in [0.25, 0.3) is 5.91 Å². The number of amides is 3. The number of nitrogens with zero attached hydrogens (tertiary/aromatic N) is 3. The van der Waals surface area contributed by atoms with E-state index >= 15 is 4.79 Å². The summed E-state index contributed by atoms with van der Waals surface area (Å²) in [4.78, 5) is 48.5. The van der Waals surface area contributed by atoms with E-state index in [0.717, 1.165) is 45.8 Å². The van der Waals surface area contributed by atoms with E-state index in [0.29, 0.717) is 32.5 Å². The summed E-state index contributed by atoms with van der Waals surface area (Å²) < 4.78 is 12.9. The Kier molecular flexibility index (Phi) is 9.48. The number of aliphatic hydroxyl groups excluding tert-OH is 1. The van der Waals surface area contributed by atoms with Gasteiger partial charge in [-0.2, -0.15) is 0 Å². The topological polar surface area (TPSA) is 99.6 Å². The van der Waals surface area contributed by atoms with Gasteiger partial charge in [0, 0.05) is 36.7 Å². The molecule has 0 saturated carbocycles. The Morgan fingerprint density at radius 1 is 0.963 bits per heavy atom. The van der Waals surface area contributed by atoms with Crippen molar-refractivity contribution in [1.29, 1.82) is 0 Å². The smallest absolute Gasteiger partial charge is 0.264 e. The molecular weight excluding hydrogens is 695 g/mol. The number of carbonyl (C=O) groups excluding carboxylic acids is 3. The van der Waals surface area contributed by atoms with Crippen molar-refractivity contribution in [2.75, 3.05) is 30.1 Å². The second-order valence-corrected chi connectivity index (χ2v) is 20.6. The van der Waals surface area contributed by atoms with Crippen LogP contribution < -0.4 is 19.7 Å². The molecule has 0 aromatic heterocycles. The molecule has 1 spiro atoms. The minimum Gasteiger partial charge on any atom is -0.497 e. The first kappa shape index (κ1) is 36.2. The van der Waals surface area contributed by atoms with Crippen LogP contribution in [0.15, 0.2) is 97.1 Å². The molecule has 0 bridgehead atoms. The highest BCUT2D eigenvalue weighted by atomic mass is 28.3. The van der Waals surface area contributed by atoms with Gasteiger partial charge in [-0.05, 0) is 65.4 Å². The van der Waals surface area contributed by atoms with E-state index in [-0.39, 0.29) is 48.3 Å². The van der Waals surface area contributed by atoms with Crippen LogP contribution in [0.25, 0.3) is 0 Å². The number of aliphatic hydroxyl groups is 1. The first-order valence-electron chi connectivity index (χ1n) is 19.2. The summed E-state index contributed by atoms with van der Waals surface area (Å²) in [6.07, 6.45) is 1.36. The summed E-state index contributed by atoms with van der Waals surface area (Å²) in [5.74, 6) is 0.296. The zero-order valence-corrected chi connectivity index (χ0v) is 32.5. The molecule has 4 aliphatic heterocycles. The predicted molar refractivity (Wildman–Crippen MR) is 211 cm³/mol. The van der Waals surface area contributed by atoms with Crippen LogP contribution in [0.1, 0.15) is 48.4 Å². The third kappa shape index (κ3) is 5.95. The maximum atomic E-state index is 15.4. The molecule has 54 heavy (non-hydrogen) atoms. The molecule has 4 aromatic rings. The second kappa shape index (κ2) is 14.1. The molecular formula is C44H49N3O6Si. The van der Waals surface area contributed by atoms with E-state index in [1.807, 2.05) is 93.6 Å². The number of hydrogen-bond acceptors (Lipinski definition) is 6. The molecule has 0 radical (unpaired) electrons. The van der Waals surface area contributed by atoms with Crippen molar-refractivity contribution in [1.82, 2.24) is 4.90 Å². The maximum absolute atomic E-state index is 15.4. The van der Waals surface area contributed by atoms with Gasteiger partial charge in [-0.25, -0.2) is 0 Å². The first-order chi connectivity index (χ1) is 26.1. The van der Waals surface area contributed by atoms with Gasteiger partial charge in [0.1, 0.15) is 5.75 Å². The van der Waals surface area contributed by atoms with Crippen LogP contribution in [0.5, 0.6) is 5.75 Å². The zero-order valence-electron chi connectivity index (χ0n) is 31.5. The number of ether oxygens (including phenoxy) is 2. The third-order valence-electron chi connectivity index (χ3n) is 12.6. The zero-order chi connectivity index (χ0) is 37.8. The Morgan fingerprint density at radius 2 is 1.69 bits per heavy atom. The molecule has 0 unspecified atom stereocenters. The monoisotopic (exact) mass is 743 g/mol. The minimum absolute atomic E-state index is 0.0748. The molecule has 0 aliphatic carbocycles. The number of anilines is 2. The summed E-state index contributed by atoms with van der Waals surface area (Å²) in [5.41, 5.74) is 4.00. The van der Waals surface area contributed by atoms with Crippen LogP contribution in [-0.2, 0) is 44.2 Å². The van der Waals surface area contributed by atoms with Gasteiger partial charge >= 0.3 is 0 Å². The molecule has 4 heterocycles. The molecule has 2 saturated heterocycles. The van der Waals surface area contributed by atoms with E-state index in [9.17, 15) is 14.7 Å². The fourth-order valence-corrected chi connectivity index (χ4v) is 13.9. The first-order valence-corrected chi connectivity index (χ1v) is 22.2. The SMILES string of the molecule is COc1ccc([Si](C)(C)[C@@H]2[C@@H](CC(=O)N3Cc4ccccc4C[C@H]3CO)O[C@]3(C(=O)N(Cc4ccccc4)c4ccc(N5CCCC5=O)cc43)[C@H]2C)cc1. The van der Waals surface area contributed by atoms with E-state index < -0.39 is 19.8 Å². The van der Waals surface area contributed by atoms with Crippen LogP contribution in [0.2, 0.25) is 18.6 Å². The third-order valence-corrected chi connectivity index (χ3v) is 17.0. The summed E-state index contributed by atoms with van der Waals surface area (Å²) in [6, 6.07) is 31.8. The highest BCUT2D eigenvalue weighted by Gasteiger charge is 2.66. The van der Waals surface area contributed by atoms with Crippen LogP contribution in [0, 0.1) is 5.92 Å². The van der Waals surface area contributed by atoms with Gasteiger partial charge in [-0.3, -0.25) is 14.4 Å². The number of rotatable bonds is 9. The molecule has 4 aliphatic rings. The normalized spacial score (nSPS) is 25.0. The Morgan fingerprint density at radius 3 is 2.37 bits per heavy atom. The summed E-state index contributed by atoms with van der Waals surface area (Å²) in [7, 11) is -0.879. The van der Waals surface area contributed by atoms with Crippen LogP contribution in [-0.4, -0.2) is 68.2 Å². The number of methoxy groups -OCH3 is 1. The van der Waals surface area contributed by atoms with Crippen LogP contribution >= 0.6 is 0 Å². The molecule has 280 valence electrons. The van der Waals surface area contributed by atoms with E-state index in [4.69, 9.17) is 9.47 Å². The van der Waals surface area contributed by atoms with Gasteiger partial charge in [0.05, 0.1) is 52.6 Å². The van der Waals surface area contributed by atoms with Crippen molar-refractivity contribution < 1.29 is 29.0 Å². The molecule has 3 amide bonds. The van der Waals surface area contributed by atoms with Crippen LogP contribution in [0.4, 0.5) is 11.4 Å². The Hall–Kier alpha value is -4.77. The lowest BCUT2D eigenvalue weighted by Crippen LogP contribution is -2.52. The fraction of sp³-hybridized carbons (Fsp3) is 0.386. The molecule has 10 heteroatoms. The van der Waals surface area contributed by atoms with Gasteiger partial charge in [-0.15, -0.1) is 0 Å².